The number of ether oxygens (including phenoxy) is 4. The van der Waals surface area contributed by atoms with E-state index >= 15 is 0 Å². The summed E-state index contributed by atoms with van der Waals surface area (Å²) < 4.78 is 36.9. The Morgan fingerprint density at radius 3 is 2.24 bits per heavy atom. The number of benzene rings is 4. The first-order chi connectivity index (χ1) is 18.6. The molecule has 0 saturated carbocycles. The first-order valence-corrected chi connectivity index (χ1v) is 13.4. The zero-order chi connectivity index (χ0) is 26.5. The van der Waals surface area contributed by atoms with Gasteiger partial charge in [-0.15, -0.1) is 0 Å². The van der Waals surface area contributed by atoms with Gasteiger partial charge in [0.1, 0.15) is 19.3 Å². The van der Waals surface area contributed by atoms with E-state index in [1.165, 1.54) is 0 Å². The number of nitrogens with zero attached hydrogens (tertiary/aromatic N) is 1. The van der Waals surface area contributed by atoms with E-state index in [-0.39, 0.29) is 6.04 Å². The Morgan fingerprint density at radius 1 is 0.895 bits per heavy atom. The Hall–Kier alpha value is -4.10. The Bertz CT molecular complexity index is 1440. The molecule has 0 aliphatic carbocycles. The second-order valence-corrected chi connectivity index (χ2v) is 10.3. The summed E-state index contributed by atoms with van der Waals surface area (Å²) in [4.78, 5) is 6.26. The minimum Gasteiger partial charge on any atom is -0.493 e. The van der Waals surface area contributed by atoms with Gasteiger partial charge in [0.25, 0.3) is 0 Å². The summed E-state index contributed by atoms with van der Waals surface area (Å²) in [5.74, 6) is 2.11. The van der Waals surface area contributed by atoms with Crippen LogP contribution in [-0.4, -0.2) is 30.9 Å². The molecule has 1 aliphatic rings. The first-order valence-electron chi connectivity index (χ1n) is 12.3. The maximum absolute atomic E-state index is 13.4. The Morgan fingerprint density at radius 2 is 1.55 bits per heavy atom. The van der Waals surface area contributed by atoms with Crippen molar-refractivity contribution in [2.75, 3.05) is 20.8 Å². The molecule has 0 bridgehead atoms. The van der Waals surface area contributed by atoms with Crippen LogP contribution in [0.5, 0.6) is 17.2 Å². The summed E-state index contributed by atoms with van der Waals surface area (Å²) in [7, 11) is 1.84. The molecule has 6 nitrogen and oxygen atoms in total. The van der Waals surface area contributed by atoms with Crippen molar-refractivity contribution in [3.05, 3.63) is 113 Å². The maximum atomic E-state index is 13.4. The highest BCUT2D eigenvalue weighted by molar-refractivity contribution is 7.85. The van der Waals surface area contributed by atoms with Crippen LogP contribution in [0.3, 0.4) is 0 Å². The van der Waals surface area contributed by atoms with E-state index in [4.69, 9.17) is 23.9 Å². The predicted octanol–water partition coefficient (Wildman–Crippen LogP) is 6.28. The summed E-state index contributed by atoms with van der Waals surface area (Å²) in [6.07, 6.45) is 0. The summed E-state index contributed by atoms with van der Waals surface area (Å²) in [6, 6.07) is 28.7. The fraction of sp³-hybridized carbons (Fsp3) is 0.194. The van der Waals surface area contributed by atoms with E-state index in [0.29, 0.717) is 41.3 Å². The van der Waals surface area contributed by atoms with Crippen LogP contribution < -0.4 is 14.2 Å². The number of hydrogen-bond acceptors (Lipinski definition) is 6. The van der Waals surface area contributed by atoms with Crippen molar-refractivity contribution in [3.63, 3.8) is 0 Å². The van der Waals surface area contributed by atoms with E-state index in [0.717, 1.165) is 27.1 Å². The smallest absolute Gasteiger partial charge is 0.218 e. The highest BCUT2D eigenvalue weighted by atomic mass is 32.2. The average molecular weight is 528 g/mol. The second-order valence-electron chi connectivity index (χ2n) is 8.87. The standard InChI is InChI=1S/C31H29NO5S/c1-21-13-15-24(16-14-21)38(33)29-12-8-7-11-25(29)31-32-26(20-37-31)23-17-27(34-2)30(28(18-23)35-3)36-19-22-9-5-4-6-10-22/h4-18,26H,19-20H2,1-3H3/t26?,38-/m0/s1. The number of aryl methyl sites for hydroxylation is 1. The topological polar surface area (TPSA) is 66.4 Å². The van der Waals surface area contributed by atoms with Gasteiger partial charge in [0.15, 0.2) is 11.5 Å². The lowest BCUT2D eigenvalue weighted by Crippen LogP contribution is -2.07. The molecule has 1 heterocycles. The van der Waals surface area contributed by atoms with Crippen molar-refractivity contribution in [2.45, 2.75) is 29.4 Å². The largest absolute Gasteiger partial charge is 0.493 e. The van der Waals surface area contributed by atoms with Gasteiger partial charge < -0.3 is 18.9 Å². The van der Waals surface area contributed by atoms with Crippen LogP contribution >= 0.6 is 0 Å². The number of methoxy groups -OCH3 is 2. The lowest BCUT2D eigenvalue weighted by Gasteiger charge is -2.17. The average Bonchev–Trinajstić information content (AvgIpc) is 3.46. The van der Waals surface area contributed by atoms with Crippen molar-refractivity contribution in [1.29, 1.82) is 0 Å². The normalized spacial score (nSPS) is 15.3. The van der Waals surface area contributed by atoms with Gasteiger partial charge in [-0.2, -0.15) is 0 Å². The molecule has 1 unspecified atom stereocenters. The van der Waals surface area contributed by atoms with Gasteiger partial charge in [-0.3, -0.25) is 0 Å². The molecule has 0 saturated heterocycles. The van der Waals surface area contributed by atoms with Crippen molar-refractivity contribution >= 4 is 16.7 Å². The summed E-state index contributed by atoms with van der Waals surface area (Å²) in [6.45, 7) is 2.74. The molecule has 0 N–H and O–H groups in total. The highest BCUT2D eigenvalue weighted by Gasteiger charge is 2.27. The molecular weight excluding hydrogens is 498 g/mol. The fourth-order valence-corrected chi connectivity index (χ4v) is 5.44. The first kappa shape index (κ1) is 25.5. The summed E-state index contributed by atoms with van der Waals surface area (Å²) in [5, 5.41) is 0. The molecule has 7 heteroatoms. The van der Waals surface area contributed by atoms with Crippen LogP contribution in [0.15, 0.2) is 106 Å². The monoisotopic (exact) mass is 527 g/mol. The molecule has 4 aromatic carbocycles. The van der Waals surface area contributed by atoms with Crippen molar-refractivity contribution in [2.24, 2.45) is 4.99 Å². The lowest BCUT2D eigenvalue weighted by atomic mass is 10.1. The minimum atomic E-state index is -1.37. The molecule has 4 aromatic rings. The van der Waals surface area contributed by atoms with Gasteiger partial charge in [0, 0.05) is 4.90 Å². The maximum Gasteiger partial charge on any atom is 0.218 e. The molecule has 194 valence electrons. The van der Waals surface area contributed by atoms with Crippen LogP contribution in [-0.2, 0) is 22.1 Å². The quantitative estimate of drug-likeness (QED) is 0.256. The minimum absolute atomic E-state index is 0.281. The molecule has 0 amide bonds. The Kier molecular flexibility index (Phi) is 7.75. The third-order valence-electron chi connectivity index (χ3n) is 6.30. The van der Waals surface area contributed by atoms with Crippen LogP contribution in [0, 0.1) is 6.92 Å². The van der Waals surface area contributed by atoms with Crippen LogP contribution in [0.25, 0.3) is 0 Å². The third-order valence-corrected chi connectivity index (χ3v) is 7.75. The Balaban J connectivity index is 1.42. The zero-order valence-corrected chi connectivity index (χ0v) is 22.4. The van der Waals surface area contributed by atoms with Gasteiger partial charge in [0.2, 0.25) is 11.6 Å². The van der Waals surface area contributed by atoms with Gasteiger partial charge in [-0.05, 0) is 54.4 Å². The van der Waals surface area contributed by atoms with Gasteiger partial charge in [-0.25, -0.2) is 9.20 Å². The van der Waals surface area contributed by atoms with Gasteiger partial charge >= 0.3 is 0 Å². The molecule has 38 heavy (non-hydrogen) atoms. The summed E-state index contributed by atoms with van der Waals surface area (Å²) in [5.41, 5.74) is 3.75. The second kappa shape index (κ2) is 11.5. The van der Waals surface area contributed by atoms with E-state index in [1.807, 2.05) is 97.9 Å². The molecule has 0 aromatic heterocycles. The molecule has 0 radical (unpaired) electrons. The van der Waals surface area contributed by atoms with E-state index in [1.54, 1.807) is 14.2 Å². The molecule has 0 spiro atoms. The van der Waals surface area contributed by atoms with E-state index in [9.17, 15) is 4.21 Å². The molecule has 0 fully saturated rings. The van der Waals surface area contributed by atoms with Gasteiger partial charge in [0.05, 0.1) is 35.5 Å². The van der Waals surface area contributed by atoms with Crippen molar-refractivity contribution in [3.8, 4) is 17.2 Å². The predicted molar refractivity (Wildman–Crippen MR) is 148 cm³/mol. The van der Waals surface area contributed by atoms with Crippen LogP contribution in [0.2, 0.25) is 0 Å². The molecule has 2 atom stereocenters. The van der Waals surface area contributed by atoms with Crippen molar-refractivity contribution < 1.29 is 23.2 Å². The lowest BCUT2D eigenvalue weighted by molar-refractivity contribution is 0.265. The summed E-state index contributed by atoms with van der Waals surface area (Å²) >= 11 is 0. The van der Waals surface area contributed by atoms with E-state index < -0.39 is 10.8 Å². The Labute approximate surface area is 225 Å². The van der Waals surface area contributed by atoms with Crippen LogP contribution in [0.4, 0.5) is 0 Å². The number of rotatable bonds is 9. The molecule has 5 rings (SSSR count). The third kappa shape index (κ3) is 5.43. The number of aliphatic imine (C=N–C) groups is 1. The molecule has 1 aliphatic heterocycles. The highest BCUT2D eigenvalue weighted by Crippen LogP contribution is 2.42. The molecular formula is C31H29NO5S. The fourth-order valence-electron chi connectivity index (χ4n) is 4.25. The SMILES string of the molecule is COc1cc(C2COC(c3ccccc3[S@@](=O)c3ccc(C)cc3)=N2)cc(OC)c1OCc1ccccc1. The number of hydrogen-bond donors (Lipinski definition) is 0. The van der Waals surface area contributed by atoms with Crippen LogP contribution in [0.1, 0.15) is 28.3 Å². The zero-order valence-electron chi connectivity index (χ0n) is 21.5. The van der Waals surface area contributed by atoms with E-state index in [2.05, 4.69) is 0 Å². The van der Waals surface area contributed by atoms with Gasteiger partial charge in [-0.1, -0.05) is 60.2 Å². The van der Waals surface area contributed by atoms with Crippen molar-refractivity contribution in [1.82, 2.24) is 0 Å².